The van der Waals surface area contributed by atoms with Gasteiger partial charge in [0.15, 0.2) is 0 Å². The predicted octanol–water partition coefficient (Wildman–Crippen LogP) is 1.60. The molecule has 1 aromatic carbocycles. The maximum atomic E-state index is 13.7. The second-order valence-corrected chi connectivity index (χ2v) is 5.37. The van der Waals surface area contributed by atoms with E-state index in [1.165, 1.54) is 18.2 Å². The normalized spacial score (nSPS) is 23.5. The van der Waals surface area contributed by atoms with Crippen LogP contribution < -0.4 is 5.73 Å². The van der Waals surface area contributed by atoms with Gasteiger partial charge in [-0.15, -0.1) is 0 Å². The van der Waals surface area contributed by atoms with Gasteiger partial charge in [-0.05, 0) is 32.6 Å². The summed E-state index contributed by atoms with van der Waals surface area (Å²) in [7, 11) is 4.08. The number of likely N-dealkylation sites (N-methyl/N-ethyl adjacent to an activating group) is 2. The molecule has 2 atom stereocenters. The first kappa shape index (κ1) is 14.4. The molecule has 0 amide bonds. The number of piperazine rings is 1. The summed E-state index contributed by atoms with van der Waals surface area (Å²) in [5.74, 6) is -1.11. The van der Waals surface area contributed by atoms with Crippen LogP contribution in [0.2, 0.25) is 0 Å². The van der Waals surface area contributed by atoms with Gasteiger partial charge in [0.05, 0.1) is 0 Å². The Bertz CT molecular complexity index is 418. The van der Waals surface area contributed by atoms with E-state index in [9.17, 15) is 8.78 Å². The van der Waals surface area contributed by atoms with E-state index in [4.69, 9.17) is 5.73 Å². The number of rotatable bonds is 3. The molecule has 0 saturated carbocycles. The van der Waals surface area contributed by atoms with Gasteiger partial charge in [0.2, 0.25) is 0 Å². The lowest BCUT2D eigenvalue weighted by molar-refractivity contribution is 0.103. The molecular formula is C14H21F2N3. The van der Waals surface area contributed by atoms with Crippen molar-refractivity contribution in [2.75, 3.05) is 33.7 Å². The Labute approximate surface area is 113 Å². The third kappa shape index (κ3) is 3.29. The fourth-order valence-electron chi connectivity index (χ4n) is 2.63. The monoisotopic (exact) mass is 269 g/mol. The number of nitrogens with two attached hydrogens (primary N) is 1. The zero-order valence-electron chi connectivity index (χ0n) is 11.4. The first-order valence-corrected chi connectivity index (χ1v) is 6.57. The Morgan fingerprint density at radius 2 is 1.89 bits per heavy atom. The van der Waals surface area contributed by atoms with Crippen molar-refractivity contribution in [1.29, 1.82) is 0 Å². The van der Waals surface area contributed by atoms with Crippen LogP contribution >= 0.6 is 0 Å². The fraction of sp³-hybridized carbons (Fsp3) is 0.571. The van der Waals surface area contributed by atoms with Crippen LogP contribution in [-0.2, 0) is 0 Å². The van der Waals surface area contributed by atoms with Gasteiger partial charge in [0.1, 0.15) is 11.6 Å². The molecule has 0 radical (unpaired) electrons. The van der Waals surface area contributed by atoms with Gasteiger partial charge >= 0.3 is 0 Å². The number of benzene rings is 1. The van der Waals surface area contributed by atoms with Crippen molar-refractivity contribution in [2.45, 2.75) is 18.5 Å². The lowest BCUT2D eigenvalue weighted by atomic mass is 9.97. The van der Waals surface area contributed by atoms with Crippen LogP contribution in [0.3, 0.4) is 0 Å². The van der Waals surface area contributed by atoms with Gasteiger partial charge in [0, 0.05) is 37.3 Å². The van der Waals surface area contributed by atoms with E-state index in [-0.39, 0.29) is 11.6 Å². The third-order valence-electron chi connectivity index (χ3n) is 3.88. The maximum Gasteiger partial charge on any atom is 0.130 e. The molecule has 2 N–H and O–H groups in total. The maximum absolute atomic E-state index is 13.7. The highest BCUT2D eigenvalue weighted by Crippen LogP contribution is 2.24. The van der Waals surface area contributed by atoms with Crippen molar-refractivity contribution in [3.63, 3.8) is 0 Å². The average Bonchev–Trinajstić information content (AvgIpc) is 2.33. The number of hydrogen-bond acceptors (Lipinski definition) is 3. The Morgan fingerprint density at radius 3 is 2.53 bits per heavy atom. The molecule has 19 heavy (non-hydrogen) atoms. The molecule has 1 heterocycles. The largest absolute Gasteiger partial charge is 0.324 e. The molecule has 0 aliphatic carbocycles. The summed E-state index contributed by atoms with van der Waals surface area (Å²) >= 11 is 0. The van der Waals surface area contributed by atoms with Gasteiger partial charge in [-0.2, -0.15) is 0 Å². The summed E-state index contributed by atoms with van der Waals surface area (Å²) in [5.41, 5.74) is 6.01. The molecule has 1 fully saturated rings. The highest BCUT2D eigenvalue weighted by Gasteiger charge is 2.26. The molecule has 106 valence electrons. The van der Waals surface area contributed by atoms with Gasteiger partial charge in [-0.25, -0.2) is 8.78 Å². The Morgan fingerprint density at radius 1 is 1.26 bits per heavy atom. The summed E-state index contributed by atoms with van der Waals surface area (Å²) in [4.78, 5) is 4.42. The van der Waals surface area contributed by atoms with Crippen LogP contribution in [0.25, 0.3) is 0 Å². The molecule has 0 spiro atoms. The summed E-state index contributed by atoms with van der Waals surface area (Å²) in [6.07, 6.45) is 0.554. The first-order valence-electron chi connectivity index (χ1n) is 6.57. The zero-order chi connectivity index (χ0) is 14.0. The molecule has 5 heteroatoms. The molecule has 0 aromatic heterocycles. The highest BCUT2D eigenvalue weighted by atomic mass is 19.1. The SMILES string of the molecule is CN1CCN(C)C(CC(N)c2c(F)cccc2F)C1. The second kappa shape index (κ2) is 5.94. The number of nitrogens with zero attached hydrogens (tertiary/aromatic N) is 2. The molecule has 0 bridgehead atoms. The Kier molecular flexibility index (Phi) is 4.50. The van der Waals surface area contributed by atoms with Crippen molar-refractivity contribution in [2.24, 2.45) is 5.73 Å². The van der Waals surface area contributed by atoms with Gasteiger partial charge in [-0.1, -0.05) is 6.07 Å². The van der Waals surface area contributed by atoms with E-state index >= 15 is 0 Å². The van der Waals surface area contributed by atoms with E-state index < -0.39 is 17.7 Å². The highest BCUT2D eigenvalue weighted by molar-refractivity contribution is 5.23. The number of hydrogen-bond donors (Lipinski definition) is 1. The average molecular weight is 269 g/mol. The standard InChI is InChI=1S/C14H21F2N3/c1-18-6-7-19(2)10(9-18)8-13(17)14-11(15)4-3-5-12(14)16/h3-5,10,13H,6-9,17H2,1-2H3. The minimum atomic E-state index is -0.611. The molecule has 1 aliphatic heterocycles. The van der Waals surface area contributed by atoms with E-state index in [1.807, 2.05) is 7.05 Å². The Hall–Kier alpha value is -1.04. The van der Waals surface area contributed by atoms with Gasteiger partial charge in [-0.3, -0.25) is 0 Å². The third-order valence-corrected chi connectivity index (χ3v) is 3.88. The smallest absolute Gasteiger partial charge is 0.130 e. The van der Waals surface area contributed by atoms with Crippen LogP contribution in [-0.4, -0.2) is 49.6 Å². The Balaban J connectivity index is 2.10. The lowest BCUT2D eigenvalue weighted by Gasteiger charge is -2.38. The van der Waals surface area contributed by atoms with Crippen LogP contribution in [0.5, 0.6) is 0 Å². The minimum Gasteiger partial charge on any atom is -0.324 e. The molecular weight excluding hydrogens is 248 g/mol. The summed E-state index contributed by atoms with van der Waals surface area (Å²) in [6.45, 7) is 2.84. The molecule has 1 aromatic rings. The quantitative estimate of drug-likeness (QED) is 0.904. The van der Waals surface area contributed by atoms with Gasteiger partial charge < -0.3 is 15.5 Å². The lowest BCUT2D eigenvalue weighted by Crippen LogP contribution is -2.50. The predicted molar refractivity (Wildman–Crippen MR) is 71.8 cm³/mol. The summed E-state index contributed by atoms with van der Waals surface area (Å²) in [5, 5.41) is 0. The van der Waals surface area contributed by atoms with Crippen molar-refractivity contribution in [3.05, 3.63) is 35.4 Å². The number of halogens is 2. The molecule has 1 aliphatic rings. The molecule has 3 nitrogen and oxygen atoms in total. The zero-order valence-corrected chi connectivity index (χ0v) is 11.4. The summed E-state index contributed by atoms with van der Waals surface area (Å²) in [6, 6.07) is 3.50. The van der Waals surface area contributed by atoms with Crippen molar-refractivity contribution in [3.8, 4) is 0 Å². The van der Waals surface area contributed by atoms with E-state index in [0.717, 1.165) is 19.6 Å². The van der Waals surface area contributed by atoms with Crippen LogP contribution in [0.4, 0.5) is 8.78 Å². The van der Waals surface area contributed by atoms with E-state index in [2.05, 4.69) is 16.8 Å². The van der Waals surface area contributed by atoms with Crippen molar-refractivity contribution < 1.29 is 8.78 Å². The second-order valence-electron chi connectivity index (χ2n) is 5.37. The molecule has 2 rings (SSSR count). The first-order chi connectivity index (χ1) is 8.99. The summed E-state index contributed by atoms with van der Waals surface area (Å²) < 4.78 is 27.4. The molecule has 1 saturated heterocycles. The molecule has 2 unspecified atom stereocenters. The van der Waals surface area contributed by atoms with E-state index in [0.29, 0.717) is 6.42 Å². The topological polar surface area (TPSA) is 32.5 Å². The van der Waals surface area contributed by atoms with E-state index in [1.54, 1.807) is 0 Å². The van der Waals surface area contributed by atoms with Crippen LogP contribution in [0.1, 0.15) is 18.0 Å². The van der Waals surface area contributed by atoms with Crippen molar-refractivity contribution in [1.82, 2.24) is 9.80 Å². The van der Waals surface area contributed by atoms with Crippen LogP contribution in [0.15, 0.2) is 18.2 Å². The van der Waals surface area contributed by atoms with Gasteiger partial charge in [0.25, 0.3) is 0 Å². The minimum absolute atomic E-state index is 0.00382. The fourth-order valence-corrected chi connectivity index (χ4v) is 2.63. The van der Waals surface area contributed by atoms with Crippen molar-refractivity contribution >= 4 is 0 Å². The van der Waals surface area contributed by atoms with Crippen LogP contribution in [0, 0.1) is 11.6 Å².